The Bertz CT molecular complexity index is 731. The lowest BCUT2D eigenvalue weighted by Crippen LogP contribution is -2.49. The summed E-state index contributed by atoms with van der Waals surface area (Å²) in [5.41, 5.74) is 5.02. The number of sulfone groups is 1. The second-order valence-corrected chi connectivity index (χ2v) is 8.82. The predicted octanol–water partition coefficient (Wildman–Crippen LogP) is 0.216. The average molecular weight is 322 g/mol. The quantitative estimate of drug-likeness (QED) is 0.785. The molecule has 0 radical (unpaired) electrons. The van der Waals surface area contributed by atoms with Gasteiger partial charge in [-0.25, -0.2) is 21.2 Å². The van der Waals surface area contributed by atoms with Crippen LogP contribution >= 0.6 is 0 Å². The van der Waals surface area contributed by atoms with Crippen LogP contribution in [0, 0.1) is 5.82 Å². The van der Waals surface area contributed by atoms with E-state index in [2.05, 4.69) is 0 Å². The van der Waals surface area contributed by atoms with Crippen LogP contribution in [-0.2, 0) is 19.9 Å². The lowest BCUT2D eigenvalue weighted by Gasteiger charge is -2.32. The lowest BCUT2D eigenvalue weighted by atomic mass is 10.3. The summed E-state index contributed by atoms with van der Waals surface area (Å²) in [4.78, 5) is -0.330. The molecule has 1 aliphatic heterocycles. The van der Waals surface area contributed by atoms with E-state index in [4.69, 9.17) is 5.73 Å². The van der Waals surface area contributed by atoms with Crippen LogP contribution in [-0.4, -0.2) is 45.2 Å². The summed E-state index contributed by atoms with van der Waals surface area (Å²) >= 11 is 0. The van der Waals surface area contributed by atoms with Gasteiger partial charge in [0.1, 0.15) is 10.7 Å². The number of para-hydroxylation sites is 1. The van der Waals surface area contributed by atoms with Crippen molar-refractivity contribution in [3.8, 4) is 0 Å². The molecule has 0 bridgehead atoms. The van der Waals surface area contributed by atoms with E-state index in [9.17, 15) is 21.2 Å². The monoisotopic (exact) mass is 322 g/mol. The normalized spacial score (nSPS) is 23.6. The van der Waals surface area contributed by atoms with Gasteiger partial charge in [-0.3, -0.25) is 0 Å². The van der Waals surface area contributed by atoms with Crippen molar-refractivity contribution in [2.24, 2.45) is 0 Å². The highest BCUT2D eigenvalue weighted by molar-refractivity contribution is 7.92. The summed E-state index contributed by atoms with van der Waals surface area (Å²) in [7, 11) is -7.25. The molecule has 2 N–H and O–H groups in total. The van der Waals surface area contributed by atoms with Crippen LogP contribution in [0.25, 0.3) is 0 Å². The third kappa shape index (κ3) is 2.65. The van der Waals surface area contributed by atoms with Gasteiger partial charge in [0.2, 0.25) is 10.0 Å². The minimum Gasteiger partial charge on any atom is -0.395 e. The van der Waals surface area contributed by atoms with Gasteiger partial charge in [0, 0.05) is 12.6 Å². The van der Waals surface area contributed by atoms with Crippen LogP contribution in [0.4, 0.5) is 10.1 Å². The molecule has 1 heterocycles. The highest BCUT2D eigenvalue weighted by Crippen LogP contribution is 2.27. The Balaban J connectivity index is 2.44. The van der Waals surface area contributed by atoms with E-state index < -0.39 is 37.4 Å². The number of nitrogens with zero attached hydrogens (tertiary/aromatic N) is 1. The number of sulfonamides is 1. The van der Waals surface area contributed by atoms with Gasteiger partial charge in [0.25, 0.3) is 0 Å². The SMILES string of the molecule is CC1CS(=O)(=O)CCN1S(=O)(=O)c1cccc(F)c1N. The van der Waals surface area contributed by atoms with Crippen LogP contribution in [0.15, 0.2) is 23.1 Å². The minimum atomic E-state index is -4.01. The summed E-state index contributed by atoms with van der Waals surface area (Å²) in [5.74, 6) is -1.31. The summed E-state index contributed by atoms with van der Waals surface area (Å²) in [6.07, 6.45) is 0. The molecule has 0 amide bonds. The van der Waals surface area contributed by atoms with Gasteiger partial charge < -0.3 is 5.73 Å². The second kappa shape index (κ2) is 4.97. The van der Waals surface area contributed by atoms with Crippen molar-refractivity contribution in [3.05, 3.63) is 24.0 Å². The molecule has 6 nitrogen and oxygen atoms in total. The molecule has 0 aliphatic carbocycles. The van der Waals surface area contributed by atoms with E-state index in [0.717, 1.165) is 10.4 Å². The van der Waals surface area contributed by atoms with Gasteiger partial charge >= 0.3 is 0 Å². The van der Waals surface area contributed by atoms with Crippen molar-refractivity contribution in [2.45, 2.75) is 17.9 Å². The molecule has 1 unspecified atom stereocenters. The zero-order chi connectivity index (χ0) is 15.1. The van der Waals surface area contributed by atoms with Crippen LogP contribution in [0.3, 0.4) is 0 Å². The first-order chi connectivity index (χ1) is 9.15. The fourth-order valence-corrected chi connectivity index (χ4v) is 5.73. The van der Waals surface area contributed by atoms with Gasteiger partial charge in [0.05, 0.1) is 17.2 Å². The Kier molecular flexibility index (Phi) is 3.78. The molecule has 0 saturated carbocycles. The first-order valence-corrected chi connectivity index (χ1v) is 9.17. The number of nitrogen functional groups attached to an aromatic ring is 1. The Morgan fingerprint density at radius 3 is 2.65 bits per heavy atom. The van der Waals surface area contributed by atoms with E-state index in [-0.39, 0.29) is 22.9 Å². The molecule has 0 aromatic heterocycles. The minimum absolute atomic E-state index is 0.151. The number of nitrogens with two attached hydrogens (primary N) is 1. The molecule has 112 valence electrons. The standard InChI is InChI=1S/C11H15FN2O4S2/c1-8-7-19(15,16)6-5-14(8)20(17,18)10-4-2-3-9(12)11(10)13/h2-4,8H,5-7,13H2,1H3. The van der Waals surface area contributed by atoms with Crippen molar-refractivity contribution in [1.82, 2.24) is 4.31 Å². The molecule has 1 saturated heterocycles. The van der Waals surface area contributed by atoms with Gasteiger partial charge in [-0.05, 0) is 19.1 Å². The third-order valence-corrected chi connectivity index (χ3v) is 7.08. The molecule has 2 rings (SSSR count). The number of halogens is 1. The number of hydrogen-bond acceptors (Lipinski definition) is 5. The van der Waals surface area contributed by atoms with E-state index in [1.165, 1.54) is 19.1 Å². The number of hydrogen-bond donors (Lipinski definition) is 1. The number of anilines is 1. The molecule has 1 aromatic carbocycles. The Morgan fingerprint density at radius 1 is 1.40 bits per heavy atom. The van der Waals surface area contributed by atoms with E-state index >= 15 is 0 Å². The van der Waals surface area contributed by atoms with Crippen molar-refractivity contribution in [3.63, 3.8) is 0 Å². The lowest BCUT2D eigenvalue weighted by molar-refractivity contribution is 0.357. The number of rotatable bonds is 2. The van der Waals surface area contributed by atoms with Crippen molar-refractivity contribution >= 4 is 25.5 Å². The van der Waals surface area contributed by atoms with Crippen LogP contribution in [0.2, 0.25) is 0 Å². The van der Waals surface area contributed by atoms with E-state index in [1.807, 2.05) is 0 Å². The smallest absolute Gasteiger partial charge is 0.245 e. The molecule has 20 heavy (non-hydrogen) atoms. The Hall–Kier alpha value is -1.19. The van der Waals surface area contributed by atoms with Crippen LogP contribution < -0.4 is 5.73 Å². The summed E-state index contributed by atoms with van der Waals surface area (Å²) in [6, 6.07) is 2.83. The zero-order valence-corrected chi connectivity index (χ0v) is 12.4. The van der Waals surface area contributed by atoms with E-state index in [0.29, 0.717) is 0 Å². The highest BCUT2D eigenvalue weighted by atomic mass is 32.2. The topological polar surface area (TPSA) is 97.5 Å². The molecular weight excluding hydrogens is 307 g/mol. The molecular formula is C11H15FN2O4S2. The third-order valence-electron chi connectivity index (χ3n) is 3.21. The highest BCUT2D eigenvalue weighted by Gasteiger charge is 2.37. The first-order valence-electron chi connectivity index (χ1n) is 5.91. The molecule has 1 atom stereocenters. The largest absolute Gasteiger partial charge is 0.395 e. The summed E-state index contributed by atoms with van der Waals surface area (Å²) in [5, 5.41) is 0. The van der Waals surface area contributed by atoms with Crippen LogP contribution in [0.5, 0.6) is 0 Å². The summed E-state index contributed by atoms with van der Waals surface area (Å²) < 4.78 is 62.3. The predicted molar refractivity (Wildman–Crippen MR) is 72.8 cm³/mol. The van der Waals surface area contributed by atoms with Gasteiger partial charge in [-0.15, -0.1) is 0 Å². The second-order valence-electron chi connectivity index (χ2n) is 4.73. The van der Waals surface area contributed by atoms with Gasteiger partial charge in [0.15, 0.2) is 9.84 Å². The summed E-state index contributed by atoms with van der Waals surface area (Å²) in [6.45, 7) is 1.35. The van der Waals surface area contributed by atoms with Crippen molar-refractivity contribution in [1.29, 1.82) is 0 Å². The fourth-order valence-electron chi connectivity index (χ4n) is 2.21. The van der Waals surface area contributed by atoms with Gasteiger partial charge in [-0.1, -0.05) is 6.07 Å². The van der Waals surface area contributed by atoms with Crippen molar-refractivity contribution in [2.75, 3.05) is 23.8 Å². The van der Waals surface area contributed by atoms with E-state index in [1.54, 1.807) is 0 Å². The molecule has 1 aromatic rings. The molecule has 9 heteroatoms. The molecule has 0 spiro atoms. The zero-order valence-electron chi connectivity index (χ0n) is 10.8. The first kappa shape index (κ1) is 15.2. The maximum Gasteiger partial charge on any atom is 0.245 e. The molecule has 1 aliphatic rings. The van der Waals surface area contributed by atoms with Crippen molar-refractivity contribution < 1.29 is 21.2 Å². The van der Waals surface area contributed by atoms with Gasteiger partial charge in [-0.2, -0.15) is 4.31 Å². The molecule has 1 fully saturated rings. The average Bonchev–Trinajstić information content (AvgIpc) is 2.30. The maximum atomic E-state index is 13.4. The Labute approximate surface area is 117 Å². The maximum absolute atomic E-state index is 13.4. The fraction of sp³-hybridized carbons (Fsp3) is 0.455. The number of benzene rings is 1. The van der Waals surface area contributed by atoms with Crippen LogP contribution in [0.1, 0.15) is 6.92 Å². The Morgan fingerprint density at radius 2 is 2.05 bits per heavy atom.